The van der Waals surface area contributed by atoms with Crippen LogP contribution in [0.15, 0.2) is 6.33 Å². The number of hydrogen-bond acceptors (Lipinski definition) is 9. The van der Waals surface area contributed by atoms with Crippen molar-refractivity contribution < 1.29 is 14.8 Å². The van der Waals surface area contributed by atoms with Gasteiger partial charge in [0.05, 0.1) is 6.54 Å². The Labute approximate surface area is 91.5 Å². The van der Waals surface area contributed by atoms with E-state index in [0.717, 1.165) is 11.0 Å². The van der Waals surface area contributed by atoms with Crippen LogP contribution >= 0.6 is 0 Å². The standard InChI is InChI=1S/C4H5N7O6/c12-9(13)4(10(14)15,11(16)17)1-2-8-3-5-6-7-8/h3H,1-2H2. The summed E-state index contributed by atoms with van der Waals surface area (Å²) in [5.41, 5.74) is 0. The van der Waals surface area contributed by atoms with Gasteiger partial charge in [-0.15, -0.1) is 5.10 Å². The molecule has 0 saturated heterocycles. The highest BCUT2D eigenvalue weighted by atomic mass is 16.7. The van der Waals surface area contributed by atoms with E-state index in [1.807, 2.05) is 0 Å². The van der Waals surface area contributed by atoms with Crippen molar-refractivity contribution in [3.63, 3.8) is 0 Å². The van der Waals surface area contributed by atoms with Gasteiger partial charge in [-0.25, -0.2) is 4.68 Å². The Bertz CT molecular complexity index is 405. The average molecular weight is 247 g/mol. The van der Waals surface area contributed by atoms with E-state index >= 15 is 0 Å². The third-order valence-corrected chi connectivity index (χ3v) is 1.94. The summed E-state index contributed by atoms with van der Waals surface area (Å²) >= 11 is 0. The molecule has 13 heteroatoms. The molecule has 0 aliphatic heterocycles. The van der Waals surface area contributed by atoms with Gasteiger partial charge in [0.15, 0.2) is 21.2 Å². The zero-order valence-corrected chi connectivity index (χ0v) is 8.07. The largest absolute Gasteiger partial charge is 0.701 e. The molecule has 0 unspecified atom stereocenters. The quantitative estimate of drug-likeness (QED) is 0.330. The van der Waals surface area contributed by atoms with Gasteiger partial charge in [0.25, 0.3) is 0 Å². The van der Waals surface area contributed by atoms with Crippen LogP contribution in [0.1, 0.15) is 6.42 Å². The van der Waals surface area contributed by atoms with Crippen LogP contribution in [0.5, 0.6) is 0 Å². The van der Waals surface area contributed by atoms with E-state index in [0.29, 0.717) is 0 Å². The summed E-state index contributed by atoms with van der Waals surface area (Å²) in [6.45, 7) is -0.421. The summed E-state index contributed by atoms with van der Waals surface area (Å²) in [5.74, 6) is -3.48. The summed E-state index contributed by atoms with van der Waals surface area (Å²) in [6, 6.07) is 0. The SMILES string of the molecule is O=[N+]([O-])C(CCn1cnnn1)([N+](=O)[O-])[N+](=O)[O-]. The highest BCUT2D eigenvalue weighted by molar-refractivity contribution is 4.56. The lowest BCUT2D eigenvalue weighted by atomic mass is 10.2. The highest BCUT2D eigenvalue weighted by Crippen LogP contribution is 2.17. The molecule has 0 amide bonds. The van der Waals surface area contributed by atoms with Gasteiger partial charge < -0.3 is 0 Å². The first kappa shape index (κ1) is 12.3. The van der Waals surface area contributed by atoms with E-state index in [9.17, 15) is 30.3 Å². The van der Waals surface area contributed by atoms with Crippen LogP contribution in [0.4, 0.5) is 0 Å². The van der Waals surface area contributed by atoms with E-state index in [-0.39, 0.29) is 0 Å². The maximum Gasteiger partial charge on any atom is 0.701 e. The zero-order valence-electron chi connectivity index (χ0n) is 8.07. The van der Waals surface area contributed by atoms with Gasteiger partial charge in [0.2, 0.25) is 0 Å². The van der Waals surface area contributed by atoms with Crippen molar-refractivity contribution in [2.75, 3.05) is 0 Å². The molecule has 1 aromatic heterocycles. The molecule has 0 saturated carbocycles. The van der Waals surface area contributed by atoms with E-state index in [2.05, 4.69) is 15.5 Å². The van der Waals surface area contributed by atoms with E-state index in [4.69, 9.17) is 0 Å². The summed E-state index contributed by atoms with van der Waals surface area (Å²) in [7, 11) is 0. The fourth-order valence-electron chi connectivity index (χ4n) is 1.02. The second kappa shape index (κ2) is 4.42. The Balaban J connectivity index is 2.95. The second-order valence-electron chi connectivity index (χ2n) is 2.87. The second-order valence-corrected chi connectivity index (χ2v) is 2.87. The van der Waals surface area contributed by atoms with Crippen LogP contribution in [0.3, 0.4) is 0 Å². The van der Waals surface area contributed by atoms with Crippen molar-refractivity contribution in [1.29, 1.82) is 0 Å². The van der Waals surface area contributed by atoms with Gasteiger partial charge in [0.1, 0.15) is 6.33 Å². The minimum atomic E-state index is -3.48. The summed E-state index contributed by atoms with van der Waals surface area (Å²) in [4.78, 5) is 26.9. The monoisotopic (exact) mass is 247 g/mol. The highest BCUT2D eigenvalue weighted by Gasteiger charge is 2.69. The van der Waals surface area contributed by atoms with Gasteiger partial charge in [0, 0.05) is 0 Å². The van der Waals surface area contributed by atoms with E-state index in [1.54, 1.807) is 0 Å². The van der Waals surface area contributed by atoms with Crippen LogP contribution in [0.25, 0.3) is 0 Å². The average Bonchev–Trinajstić information content (AvgIpc) is 2.69. The molecule has 0 aromatic carbocycles. The van der Waals surface area contributed by atoms with Crippen LogP contribution in [-0.4, -0.2) is 40.8 Å². The normalized spacial score (nSPS) is 11.1. The molecule has 92 valence electrons. The minimum Gasteiger partial charge on any atom is -0.253 e. The molecule has 0 N–H and O–H groups in total. The number of nitro groups is 3. The lowest BCUT2D eigenvalue weighted by Crippen LogP contribution is -2.53. The molecule has 1 rings (SSSR count). The van der Waals surface area contributed by atoms with Gasteiger partial charge in [-0.2, -0.15) is 0 Å². The first-order valence-corrected chi connectivity index (χ1v) is 4.05. The number of hydrogen-bond donors (Lipinski definition) is 0. The van der Waals surface area contributed by atoms with Gasteiger partial charge in [-0.3, -0.25) is 30.3 Å². The molecular formula is C4H5N7O6. The lowest BCUT2D eigenvalue weighted by Gasteiger charge is -2.08. The van der Waals surface area contributed by atoms with Gasteiger partial charge >= 0.3 is 5.79 Å². The predicted octanol–water partition coefficient (Wildman–Crippen LogP) is -1.45. The van der Waals surface area contributed by atoms with E-state index in [1.165, 1.54) is 0 Å². The number of nitrogens with zero attached hydrogens (tertiary/aromatic N) is 7. The van der Waals surface area contributed by atoms with Crippen LogP contribution < -0.4 is 0 Å². The number of tetrazole rings is 1. The molecule has 1 heterocycles. The molecule has 0 aliphatic rings. The first-order chi connectivity index (χ1) is 7.91. The molecule has 0 radical (unpaired) electrons. The molecule has 0 atom stereocenters. The Morgan fingerprint density at radius 1 is 1.12 bits per heavy atom. The van der Waals surface area contributed by atoms with Crippen molar-refractivity contribution in [1.82, 2.24) is 20.2 Å². The van der Waals surface area contributed by atoms with Crippen molar-refractivity contribution >= 4 is 0 Å². The van der Waals surface area contributed by atoms with Crippen molar-refractivity contribution in [3.8, 4) is 0 Å². The Kier molecular flexibility index (Phi) is 3.21. The van der Waals surface area contributed by atoms with Crippen molar-refractivity contribution in [2.45, 2.75) is 18.8 Å². The summed E-state index contributed by atoms with van der Waals surface area (Å²) in [5, 5.41) is 41.2. The lowest BCUT2D eigenvalue weighted by molar-refractivity contribution is -0.970. The van der Waals surface area contributed by atoms with Crippen LogP contribution in [-0.2, 0) is 6.54 Å². The number of aryl methyl sites for hydroxylation is 1. The smallest absolute Gasteiger partial charge is 0.253 e. The minimum absolute atomic E-state index is 0.421. The third kappa shape index (κ3) is 2.11. The molecule has 0 spiro atoms. The molecule has 0 aliphatic carbocycles. The molecule has 1 aromatic rings. The van der Waals surface area contributed by atoms with Crippen LogP contribution in [0, 0.1) is 30.3 Å². The fourth-order valence-corrected chi connectivity index (χ4v) is 1.02. The Hall–Kier alpha value is -2.73. The van der Waals surface area contributed by atoms with Gasteiger partial charge in [-0.05, 0) is 10.4 Å². The fraction of sp³-hybridized carbons (Fsp3) is 0.750. The Morgan fingerprint density at radius 2 is 1.65 bits per heavy atom. The van der Waals surface area contributed by atoms with Crippen LogP contribution in [0.2, 0.25) is 0 Å². The van der Waals surface area contributed by atoms with Gasteiger partial charge in [-0.1, -0.05) is 0 Å². The van der Waals surface area contributed by atoms with Crippen molar-refractivity contribution in [2.24, 2.45) is 0 Å². The maximum atomic E-state index is 10.5. The molecule has 0 fully saturated rings. The maximum absolute atomic E-state index is 10.5. The van der Waals surface area contributed by atoms with E-state index < -0.39 is 33.5 Å². The molecule has 17 heavy (non-hydrogen) atoms. The summed E-state index contributed by atoms with van der Waals surface area (Å²) < 4.78 is 0.922. The van der Waals surface area contributed by atoms with Crippen molar-refractivity contribution in [3.05, 3.63) is 36.7 Å². The predicted molar refractivity (Wildman–Crippen MR) is 46.1 cm³/mol. The third-order valence-electron chi connectivity index (χ3n) is 1.94. The molecular weight excluding hydrogens is 242 g/mol. The Morgan fingerprint density at radius 3 is 2.00 bits per heavy atom. The first-order valence-electron chi connectivity index (χ1n) is 4.05. The molecule has 0 bridgehead atoms. The topological polar surface area (TPSA) is 173 Å². The zero-order chi connectivity index (χ0) is 13.1. The number of rotatable bonds is 6. The summed E-state index contributed by atoms with van der Waals surface area (Å²) in [6.07, 6.45) is 0.0651. The number of aromatic nitrogens is 4. The molecule has 13 nitrogen and oxygen atoms in total.